The first-order chi connectivity index (χ1) is 8.36. The van der Waals surface area contributed by atoms with Crippen LogP contribution in [-0.2, 0) is 0 Å². The van der Waals surface area contributed by atoms with Crippen molar-refractivity contribution < 1.29 is 0 Å². The third-order valence-corrected chi connectivity index (χ3v) is 5.59. The minimum atomic E-state index is 0.861. The quantitative estimate of drug-likeness (QED) is 0.768. The van der Waals surface area contributed by atoms with Crippen molar-refractivity contribution in [2.45, 2.75) is 57.4 Å². The van der Waals surface area contributed by atoms with E-state index in [1.54, 1.807) is 6.42 Å². The maximum absolute atomic E-state index is 5.68. The van der Waals surface area contributed by atoms with Gasteiger partial charge in [0.05, 0.1) is 0 Å². The van der Waals surface area contributed by atoms with Crippen LogP contribution in [0.5, 0.6) is 0 Å². The molecule has 98 valence electrons. The van der Waals surface area contributed by atoms with Gasteiger partial charge in [-0.05, 0) is 69.4 Å². The molecular formula is C15H28N2. The van der Waals surface area contributed by atoms with Gasteiger partial charge in [-0.15, -0.1) is 0 Å². The summed E-state index contributed by atoms with van der Waals surface area (Å²) in [4.78, 5) is 2.79. The molecule has 3 aliphatic carbocycles. The van der Waals surface area contributed by atoms with E-state index in [1.807, 2.05) is 0 Å². The van der Waals surface area contributed by atoms with Gasteiger partial charge in [-0.1, -0.05) is 12.8 Å². The van der Waals surface area contributed by atoms with Gasteiger partial charge in [0.25, 0.3) is 0 Å². The van der Waals surface area contributed by atoms with Crippen LogP contribution in [0.4, 0.5) is 0 Å². The lowest BCUT2D eigenvalue weighted by molar-refractivity contribution is 0.0921. The third-order valence-electron chi connectivity index (χ3n) is 5.59. The Hall–Kier alpha value is -0.0800. The molecule has 0 amide bonds. The molecule has 3 fully saturated rings. The fourth-order valence-electron chi connectivity index (χ4n) is 4.37. The maximum Gasteiger partial charge on any atom is 0.00954 e. The van der Waals surface area contributed by atoms with Crippen molar-refractivity contribution in [1.82, 2.24) is 4.90 Å². The van der Waals surface area contributed by atoms with Gasteiger partial charge >= 0.3 is 0 Å². The van der Waals surface area contributed by atoms with Crippen LogP contribution in [0.15, 0.2) is 0 Å². The number of nitrogens with two attached hydrogens (primary N) is 1. The molecule has 3 atom stereocenters. The Morgan fingerprint density at radius 1 is 1.06 bits per heavy atom. The molecule has 3 rings (SSSR count). The van der Waals surface area contributed by atoms with Crippen LogP contribution in [0.2, 0.25) is 0 Å². The first-order valence-electron chi connectivity index (χ1n) is 7.81. The Morgan fingerprint density at radius 3 is 2.47 bits per heavy atom. The van der Waals surface area contributed by atoms with Crippen LogP contribution in [0.25, 0.3) is 0 Å². The zero-order valence-electron chi connectivity index (χ0n) is 11.1. The highest BCUT2D eigenvalue weighted by molar-refractivity contribution is 4.92. The lowest BCUT2D eigenvalue weighted by Crippen LogP contribution is -2.44. The average molecular weight is 236 g/mol. The summed E-state index contributed by atoms with van der Waals surface area (Å²) >= 11 is 0. The number of hydrogen-bond acceptors (Lipinski definition) is 2. The molecule has 17 heavy (non-hydrogen) atoms. The molecule has 2 N–H and O–H groups in total. The summed E-state index contributed by atoms with van der Waals surface area (Å²) in [5, 5.41) is 0. The summed E-state index contributed by atoms with van der Waals surface area (Å²) < 4.78 is 0. The first-order valence-corrected chi connectivity index (χ1v) is 7.81. The van der Waals surface area contributed by atoms with Crippen molar-refractivity contribution in [3.05, 3.63) is 0 Å². The predicted octanol–water partition coefficient (Wildman–Crippen LogP) is 2.63. The molecule has 0 aliphatic heterocycles. The van der Waals surface area contributed by atoms with Crippen LogP contribution in [-0.4, -0.2) is 30.6 Å². The Morgan fingerprint density at radius 2 is 1.94 bits per heavy atom. The minimum absolute atomic E-state index is 0.861. The van der Waals surface area contributed by atoms with E-state index in [9.17, 15) is 0 Å². The van der Waals surface area contributed by atoms with Crippen LogP contribution in [0.3, 0.4) is 0 Å². The lowest BCUT2D eigenvalue weighted by atomic mass is 9.85. The van der Waals surface area contributed by atoms with E-state index in [-0.39, 0.29) is 0 Å². The third kappa shape index (κ3) is 2.53. The molecule has 0 heterocycles. The smallest absolute Gasteiger partial charge is 0.00954 e. The van der Waals surface area contributed by atoms with Crippen LogP contribution < -0.4 is 5.73 Å². The summed E-state index contributed by atoms with van der Waals surface area (Å²) in [6, 6.07) is 0.917. The lowest BCUT2D eigenvalue weighted by Gasteiger charge is -2.40. The molecule has 0 aromatic carbocycles. The molecule has 3 aliphatic rings. The van der Waals surface area contributed by atoms with Gasteiger partial charge < -0.3 is 10.6 Å². The summed E-state index contributed by atoms with van der Waals surface area (Å²) in [6.07, 6.45) is 11.7. The molecule has 0 spiro atoms. The molecule has 0 saturated heterocycles. The maximum atomic E-state index is 5.68. The van der Waals surface area contributed by atoms with Crippen molar-refractivity contribution in [3.63, 3.8) is 0 Å². The van der Waals surface area contributed by atoms with Gasteiger partial charge in [-0.2, -0.15) is 0 Å². The SMILES string of the molecule is NCCCN(CC1CC2CCC1C2)C1CCC1. The van der Waals surface area contributed by atoms with Gasteiger partial charge in [-0.3, -0.25) is 0 Å². The van der Waals surface area contributed by atoms with Crippen molar-refractivity contribution in [3.8, 4) is 0 Å². The van der Waals surface area contributed by atoms with Gasteiger partial charge in [0.1, 0.15) is 0 Å². The monoisotopic (exact) mass is 236 g/mol. The Balaban J connectivity index is 1.52. The second-order valence-corrected chi connectivity index (χ2v) is 6.66. The molecule has 0 radical (unpaired) electrons. The van der Waals surface area contributed by atoms with Crippen molar-refractivity contribution in [2.24, 2.45) is 23.5 Å². The summed E-state index contributed by atoms with van der Waals surface area (Å²) in [7, 11) is 0. The van der Waals surface area contributed by atoms with E-state index in [1.165, 1.54) is 58.0 Å². The zero-order valence-corrected chi connectivity index (χ0v) is 11.1. The van der Waals surface area contributed by atoms with E-state index < -0.39 is 0 Å². The standard InChI is InChI=1S/C15H28N2/c16-7-2-8-17(15-3-1-4-15)11-14-10-12-5-6-13(14)9-12/h12-15H,1-11,16H2. The second kappa shape index (κ2) is 5.27. The van der Waals surface area contributed by atoms with E-state index in [4.69, 9.17) is 5.73 Å². The fourth-order valence-corrected chi connectivity index (χ4v) is 4.37. The molecule has 0 aromatic rings. The number of rotatable bonds is 6. The molecule has 3 saturated carbocycles. The molecule has 2 nitrogen and oxygen atoms in total. The van der Waals surface area contributed by atoms with Crippen molar-refractivity contribution in [1.29, 1.82) is 0 Å². The molecule has 0 aromatic heterocycles. The highest BCUT2D eigenvalue weighted by Gasteiger charge is 2.40. The van der Waals surface area contributed by atoms with E-state index in [0.29, 0.717) is 0 Å². The fraction of sp³-hybridized carbons (Fsp3) is 1.00. The normalized spacial score (nSPS) is 36.7. The first kappa shape index (κ1) is 12.0. The number of fused-ring (bicyclic) bond motifs is 2. The average Bonchev–Trinajstić information content (AvgIpc) is 2.85. The van der Waals surface area contributed by atoms with Gasteiger partial charge in [0.2, 0.25) is 0 Å². The summed E-state index contributed by atoms with van der Waals surface area (Å²) in [5.41, 5.74) is 5.68. The summed E-state index contributed by atoms with van der Waals surface area (Å²) in [5.74, 6) is 3.22. The molecular weight excluding hydrogens is 208 g/mol. The van der Waals surface area contributed by atoms with Crippen LogP contribution in [0.1, 0.15) is 51.4 Å². The topological polar surface area (TPSA) is 29.3 Å². The zero-order chi connectivity index (χ0) is 11.7. The van der Waals surface area contributed by atoms with E-state index in [2.05, 4.69) is 4.90 Å². The summed E-state index contributed by atoms with van der Waals surface area (Å²) in [6.45, 7) is 3.51. The predicted molar refractivity (Wildman–Crippen MR) is 71.8 cm³/mol. The molecule has 2 heteroatoms. The van der Waals surface area contributed by atoms with Gasteiger partial charge in [0.15, 0.2) is 0 Å². The van der Waals surface area contributed by atoms with E-state index in [0.717, 1.165) is 30.3 Å². The minimum Gasteiger partial charge on any atom is -0.330 e. The molecule has 2 bridgehead atoms. The van der Waals surface area contributed by atoms with Crippen LogP contribution in [0, 0.1) is 17.8 Å². The number of hydrogen-bond donors (Lipinski definition) is 1. The van der Waals surface area contributed by atoms with Crippen molar-refractivity contribution >= 4 is 0 Å². The van der Waals surface area contributed by atoms with Crippen LogP contribution >= 0.6 is 0 Å². The Kier molecular flexibility index (Phi) is 3.72. The van der Waals surface area contributed by atoms with Crippen molar-refractivity contribution in [2.75, 3.05) is 19.6 Å². The molecule has 3 unspecified atom stereocenters. The largest absolute Gasteiger partial charge is 0.330 e. The highest BCUT2D eigenvalue weighted by atomic mass is 15.2. The Labute approximate surface area is 106 Å². The highest BCUT2D eigenvalue weighted by Crippen LogP contribution is 2.48. The van der Waals surface area contributed by atoms with Gasteiger partial charge in [-0.25, -0.2) is 0 Å². The van der Waals surface area contributed by atoms with E-state index >= 15 is 0 Å². The second-order valence-electron chi connectivity index (χ2n) is 6.66. The Bertz CT molecular complexity index is 249. The number of nitrogens with zero attached hydrogens (tertiary/aromatic N) is 1. The van der Waals surface area contributed by atoms with Gasteiger partial charge in [0, 0.05) is 12.6 Å².